The third kappa shape index (κ3) is 4.77. The molecule has 0 atom stereocenters. The summed E-state index contributed by atoms with van der Waals surface area (Å²) in [6, 6.07) is 6.87. The molecule has 2 aromatic rings. The Morgan fingerprint density at radius 1 is 1.24 bits per heavy atom. The van der Waals surface area contributed by atoms with Gasteiger partial charge in [0.15, 0.2) is 0 Å². The molecule has 134 valence electrons. The molecule has 0 aliphatic rings. The molecule has 8 heteroatoms. The molecule has 2 rings (SSSR count). The molecule has 2 aromatic carbocycles. The van der Waals surface area contributed by atoms with Gasteiger partial charge in [0, 0.05) is 15.2 Å². The van der Waals surface area contributed by atoms with E-state index in [1.165, 1.54) is 13.0 Å². The molecular weight excluding hydrogens is 452 g/mol. The molecule has 0 amide bonds. The average Bonchev–Trinajstić information content (AvgIpc) is 2.56. The second kappa shape index (κ2) is 8.41. The van der Waals surface area contributed by atoms with Crippen LogP contribution < -0.4 is 9.47 Å². The van der Waals surface area contributed by atoms with Crippen LogP contribution in [0.4, 0.5) is 18.0 Å². The van der Waals surface area contributed by atoms with Gasteiger partial charge in [-0.25, -0.2) is 18.0 Å². The molecule has 0 saturated heterocycles. The Labute approximate surface area is 156 Å². The van der Waals surface area contributed by atoms with E-state index in [9.17, 15) is 18.0 Å². The number of hydrogen-bond acceptors (Lipinski definition) is 4. The highest BCUT2D eigenvalue weighted by Crippen LogP contribution is 2.33. The quantitative estimate of drug-likeness (QED) is 0.337. The van der Waals surface area contributed by atoms with Crippen molar-refractivity contribution in [2.45, 2.75) is 20.0 Å². The molecule has 0 heterocycles. The fourth-order valence-electron chi connectivity index (χ4n) is 2.04. The van der Waals surface area contributed by atoms with Gasteiger partial charge < -0.3 is 14.2 Å². The van der Waals surface area contributed by atoms with Gasteiger partial charge in [-0.15, -0.1) is 0 Å². The lowest BCUT2D eigenvalue weighted by Gasteiger charge is -2.15. The molecule has 0 N–H and O–H groups in total. The number of ether oxygens (including phenoxy) is 3. The zero-order valence-corrected chi connectivity index (χ0v) is 15.5. The first-order chi connectivity index (χ1) is 11.8. The van der Waals surface area contributed by atoms with Gasteiger partial charge in [0.2, 0.25) is 0 Å². The predicted octanol–water partition coefficient (Wildman–Crippen LogP) is 5.40. The van der Waals surface area contributed by atoms with Gasteiger partial charge in [-0.05, 0) is 53.3 Å². The lowest BCUT2D eigenvalue weighted by molar-refractivity contribution is 0.120. The number of methoxy groups -OCH3 is 1. The van der Waals surface area contributed by atoms with E-state index >= 15 is 0 Å². The minimum Gasteiger partial charge on any atom is -0.488 e. The molecule has 0 fully saturated rings. The Bertz CT molecular complexity index is 781. The van der Waals surface area contributed by atoms with Gasteiger partial charge >= 0.3 is 6.16 Å². The van der Waals surface area contributed by atoms with E-state index < -0.39 is 24.0 Å². The Hall–Kier alpha value is -1.97. The van der Waals surface area contributed by atoms with E-state index in [2.05, 4.69) is 4.74 Å². The van der Waals surface area contributed by atoms with Gasteiger partial charge in [-0.2, -0.15) is 0 Å². The molecule has 0 aliphatic carbocycles. The molecule has 4 nitrogen and oxygen atoms in total. The highest BCUT2D eigenvalue weighted by Gasteiger charge is 2.19. The molecule has 0 spiro atoms. The average molecular weight is 466 g/mol. The topological polar surface area (TPSA) is 44.8 Å². The number of hydrogen-bond donors (Lipinski definition) is 0. The lowest BCUT2D eigenvalue weighted by Crippen LogP contribution is -2.11. The highest BCUT2D eigenvalue weighted by molar-refractivity contribution is 14.1. The number of alkyl halides is 2. The summed E-state index contributed by atoms with van der Waals surface area (Å²) < 4.78 is 55.6. The second-order valence-electron chi connectivity index (χ2n) is 5.00. The van der Waals surface area contributed by atoms with E-state index in [-0.39, 0.29) is 23.7 Å². The summed E-state index contributed by atoms with van der Waals surface area (Å²) in [5.74, 6) is -0.736. The summed E-state index contributed by atoms with van der Waals surface area (Å²) >= 11 is 1.99. The molecule has 0 bridgehead atoms. The smallest absolute Gasteiger partial charge is 0.488 e. The zero-order valence-electron chi connectivity index (χ0n) is 13.3. The van der Waals surface area contributed by atoms with Crippen molar-refractivity contribution in [1.82, 2.24) is 0 Å². The molecule has 25 heavy (non-hydrogen) atoms. The van der Waals surface area contributed by atoms with Crippen LogP contribution in [-0.2, 0) is 11.3 Å². The maximum absolute atomic E-state index is 13.7. The summed E-state index contributed by atoms with van der Waals surface area (Å²) in [7, 11) is 1.16. The Balaban J connectivity index is 2.30. The molecular formula is C17H14F3IO4. The minimum atomic E-state index is -2.81. The van der Waals surface area contributed by atoms with Crippen molar-refractivity contribution in [2.75, 3.05) is 7.11 Å². The third-order valence-corrected chi connectivity index (χ3v) is 4.34. The van der Waals surface area contributed by atoms with E-state index in [1.54, 1.807) is 12.1 Å². The van der Waals surface area contributed by atoms with Crippen LogP contribution in [0.1, 0.15) is 23.1 Å². The van der Waals surface area contributed by atoms with Crippen molar-refractivity contribution in [2.24, 2.45) is 0 Å². The third-order valence-electron chi connectivity index (χ3n) is 3.33. The van der Waals surface area contributed by atoms with E-state index in [4.69, 9.17) is 9.47 Å². The Kier molecular flexibility index (Phi) is 6.51. The Morgan fingerprint density at radius 2 is 1.96 bits per heavy atom. The van der Waals surface area contributed by atoms with Crippen LogP contribution in [0, 0.1) is 16.3 Å². The van der Waals surface area contributed by atoms with Crippen molar-refractivity contribution >= 4 is 28.7 Å². The predicted molar refractivity (Wildman–Crippen MR) is 92.6 cm³/mol. The van der Waals surface area contributed by atoms with Gasteiger partial charge in [-0.1, -0.05) is 6.07 Å². The first-order valence-electron chi connectivity index (χ1n) is 7.07. The molecule has 0 aliphatic heterocycles. The number of carbonyl (C=O) groups excluding carboxylic acids is 1. The number of rotatable bonds is 5. The van der Waals surface area contributed by atoms with Crippen molar-refractivity contribution in [1.29, 1.82) is 0 Å². The Morgan fingerprint density at radius 3 is 2.60 bits per heavy atom. The van der Waals surface area contributed by atoms with Crippen LogP contribution in [0.2, 0.25) is 0 Å². The summed E-state index contributed by atoms with van der Waals surface area (Å²) in [5.41, 5.74) is 0.154. The molecule has 0 aromatic heterocycles. The van der Waals surface area contributed by atoms with Gasteiger partial charge in [0.25, 0.3) is 6.43 Å². The number of carbonyl (C=O) groups is 1. The number of aryl methyl sites for hydroxylation is 1. The van der Waals surface area contributed by atoms with Crippen LogP contribution in [0.15, 0.2) is 30.3 Å². The molecule has 0 unspecified atom stereocenters. The first-order valence-corrected chi connectivity index (χ1v) is 8.15. The summed E-state index contributed by atoms with van der Waals surface area (Å²) in [4.78, 5) is 11.3. The van der Waals surface area contributed by atoms with Crippen LogP contribution in [0.5, 0.6) is 11.5 Å². The van der Waals surface area contributed by atoms with Gasteiger partial charge in [-0.3, -0.25) is 0 Å². The molecule has 0 radical (unpaired) electrons. The molecule has 0 saturated carbocycles. The summed E-state index contributed by atoms with van der Waals surface area (Å²) in [6.45, 7) is 1.21. The summed E-state index contributed by atoms with van der Waals surface area (Å²) in [6.07, 6.45) is -3.73. The monoisotopic (exact) mass is 466 g/mol. The van der Waals surface area contributed by atoms with E-state index in [1.807, 2.05) is 22.6 Å². The maximum Gasteiger partial charge on any atom is 0.513 e. The van der Waals surface area contributed by atoms with Crippen LogP contribution in [0.3, 0.4) is 0 Å². The van der Waals surface area contributed by atoms with Crippen LogP contribution in [0.25, 0.3) is 0 Å². The van der Waals surface area contributed by atoms with Gasteiger partial charge in [0.1, 0.15) is 23.9 Å². The van der Waals surface area contributed by atoms with Crippen molar-refractivity contribution in [3.8, 4) is 11.5 Å². The maximum atomic E-state index is 13.7. The highest BCUT2D eigenvalue weighted by atomic mass is 127. The number of halogens is 4. The first kappa shape index (κ1) is 19.4. The SMILES string of the molecule is COC(=O)Oc1cccc(I)c1COc1cc(F)c(C)cc1C(F)F. The van der Waals surface area contributed by atoms with Crippen molar-refractivity contribution in [3.05, 3.63) is 56.4 Å². The normalized spacial score (nSPS) is 10.7. The van der Waals surface area contributed by atoms with E-state index in [0.29, 0.717) is 9.13 Å². The van der Waals surface area contributed by atoms with Crippen molar-refractivity contribution in [3.63, 3.8) is 0 Å². The lowest BCUT2D eigenvalue weighted by atomic mass is 10.1. The minimum absolute atomic E-state index is 0.103. The zero-order chi connectivity index (χ0) is 18.6. The summed E-state index contributed by atoms with van der Waals surface area (Å²) in [5, 5.41) is 0. The van der Waals surface area contributed by atoms with Crippen molar-refractivity contribution < 1.29 is 32.2 Å². The van der Waals surface area contributed by atoms with Gasteiger partial charge in [0.05, 0.1) is 12.7 Å². The number of benzene rings is 2. The fraction of sp³-hybridized carbons (Fsp3) is 0.235. The largest absolute Gasteiger partial charge is 0.513 e. The van der Waals surface area contributed by atoms with E-state index in [0.717, 1.165) is 19.2 Å². The second-order valence-corrected chi connectivity index (χ2v) is 6.16. The van der Waals surface area contributed by atoms with Crippen LogP contribution in [-0.4, -0.2) is 13.3 Å². The fourth-order valence-corrected chi connectivity index (χ4v) is 2.67. The standard InChI is InChI=1S/C17H14F3IO4/c1-9-6-10(16(19)20)15(7-12(9)18)24-8-11-13(21)4-3-5-14(11)25-17(22)23-2/h3-7,16H,8H2,1-2H3. The van der Waals surface area contributed by atoms with Crippen LogP contribution >= 0.6 is 22.6 Å².